The maximum Gasteiger partial charge on any atom is 0.216 e. The van der Waals surface area contributed by atoms with Crippen molar-refractivity contribution >= 4 is 15.8 Å². The molecule has 6 nitrogen and oxygen atoms in total. The Hall–Kier alpha value is -1.21. The van der Waals surface area contributed by atoms with Gasteiger partial charge in [0, 0.05) is 43.9 Å². The van der Waals surface area contributed by atoms with Crippen molar-refractivity contribution < 1.29 is 8.42 Å². The Kier molecular flexibility index (Phi) is 4.24. The van der Waals surface area contributed by atoms with E-state index in [2.05, 4.69) is 20.9 Å². The summed E-state index contributed by atoms with van der Waals surface area (Å²) < 4.78 is 26.4. The Labute approximate surface area is 144 Å². The smallest absolute Gasteiger partial charge is 0.216 e. The second-order valence-electron chi connectivity index (χ2n) is 7.41. The van der Waals surface area contributed by atoms with Gasteiger partial charge in [-0.25, -0.2) is 22.7 Å². The van der Waals surface area contributed by atoms with Crippen LogP contribution >= 0.6 is 0 Å². The van der Waals surface area contributed by atoms with E-state index in [1.807, 2.05) is 0 Å². The third kappa shape index (κ3) is 3.04. The van der Waals surface area contributed by atoms with Gasteiger partial charge in [-0.2, -0.15) is 0 Å². The normalized spacial score (nSPS) is 23.5. The minimum atomic E-state index is -3.07. The Bertz CT molecular complexity index is 692. The third-order valence-corrected chi connectivity index (χ3v) is 8.26. The second kappa shape index (κ2) is 6.26. The van der Waals surface area contributed by atoms with Crippen LogP contribution in [-0.4, -0.2) is 54.1 Å². The predicted octanol–water partition coefficient (Wildman–Crippen LogP) is 2.14. The molecule has 0 N–H and O–H groups in total. The number of nitrogens with zero attached hydrogens (tertiary/aromatic N) is 4. The second-order valence-corrected chi connectivity index (χ2v) is 9.68. The van der Waals surface area contributed by atoms with Crippen LogP contribution in [0, 0.1) is 0 Å². The van der Waals surface area contributed by atoms with Gasteiger partial charge in [0.2, 0.25) is 10.0 Å². The van der Waals surface area contributed by atoms with E-state index in [1.165, 1.54) is 25.0 Å². The van der Waals surface area contributed by atoms with Crippen molar-refractivity contribution in [2.45, 2.75) is 62.2 Å². The highest BCUT2D eigenvalue weighted by Gasteiger charge is 2.41. The zero-order chi connectivity index (χ0) is 16.7. The number of hydrogen-bond donors (Lipinski definition) is 0. The van der Waals surface area contributed by atoms with Gasteiger partial charge in [0.15, 0.2) is 0 Å². The summed E-state index contributed by atoms with van der Waals surface area (Å²) in [6.45, 7) is 1.71. The summed E-state index contributed by atoms with van der Waals surface area (Å²) in [5, 5.41) is -0.118. The number of sulfonamides is 1. The molecule has 3 fully saturated rings. The first-order valence-electron chi connectivity index (χ1n) is 9.09. The van der Waals surface area contributed by atoms with Gasteiger partial charge in [-0.1, -0.05) is 6.42 Å². The van der Waals surface area contributed by atoms with Gasteiger partial charge in [0.25, 0.3) is 0 Å². The monoisotopic (exact) mass is 350 g/mol. The van der Waals surface area contributed by atoms with Crippen molar-refractivity contribution in [3.63, 3.8) is 0 Å². The zero-order valence-electron chi connectivity index (χ0n) is 14.3. The molecule has 0 atom stereocenters. The van der Waals surface area contributed by atoms with Crippen molar-refractivity contribution in [3.8, 4) is 0 Å². The maximum atomic E-state index is 12.4. The van der Waals surface area contributed by atoms with Crippen molar-refractivity contribution in [2.24, 2.45) is 0 Å². The SMILES string of the molecule is CN(C1CCN(c2cc(C3CCC3)ncn2)CC1)S(=O)(=O)C1CC1. The third-order valence-electron chi connectivity index (χ3n) is 5.85. The minimum absolute atomic E-state index is 0.118. The van der Waals surface area contributed by atoms with E-state index in [1.54, 1.807) is 17.7 Å². The van der Waals surface area contributed by atoms with Crippen LogP contribution in [0.1, 0.15) is 56.6 Å². The summed E-state index contributed by atoms with van der Waals surface area (Å²) in [5.41, 5.74) is 1.17. The number of anilines is 1. The molecule has 24 heavy (non-hydrogen) atoms. The molecule has 1 aromatic heterocycles. The van der Waals surface area contributed by atoms with Gasteiger partial charge in [-0.15, -0.1) is 0 Å². The number of piperidine rings is 1. The highest BCUT2D eigenvalue weighted by molar-refractivity contribution is 7.90. The molecule has 0 amide bonds. The lowest BCUT2D eigenvalue weighted by Gasteiger charge is -2.37. The van der Waals surface area contributed by atoms with E-state index in [0.29, 0.717) is 5.92 Å². The van der Waals surface area contributed by atoms with Crippen LogP contribution in [0.4, 0.5) is 5.82 Å². The summed E-state index contributed by atoms with van der Waals surface area (Å²) in [7, 11) is -1.31. The van der Waals surface area contributed by atoms with Crippen molar-refractivity contribution in [2.75, 3.05) is 25.0 Å². The molecule has 0 bridgehead atoms. The van der Waals surface area contributed by atoms with Crippen LogP contribution in [-0.2, 0) is 10.0 Å². The van der Waals surface area contributed by atoms with Crippen LogP contribution in [0.15, 0.2) is 12.4 Å². The molecule has 1 aliphatic heterocycles. The Morgan fingerprint density at radius 2 is 1.79 bits per heavy atom. The topological polar surface area (TPSA) is 66.4 Å². The summed E-state index contributed by atoms with van der Waals surface area (Å²) in [5.74, 6) is 1.61. The van der Waals surface area contributed by atoms with Gasteiger partial charge >= 0.3 is 0 Å². The lowest BCUT2D eigenvalue weighted by atomic mass is 9.83. The quantitative estimate of drug-likeness (QED) is 0.814. The Balaban J connectivity index is 1.39. The molecular weight excluding hydrogens is 324 g/mol. The summed E-state index contributed by atoms with van der Waals surface area (Å²) in [4.78, 5) is 11.2. The van der Waals surface area contributed by atoms with E-state index in [0.717, 1.165) is 44.6 Å². The molecule has 2 aliphatic carbocycles. The first-order valence-corrected chi connectivity index (χ1v) is 10.6. The molecule has 4 rings (SSSR count). The van der Waals surface area contributed by atoms with E-state index in [-0.39, 0.29) is 11.3 Å². The molecule has 0 radical (unpaired) electrons. The minimum Gasteiger partial charge on any atom is -0.356 e. The lowest BCUT2D eigenvalue weighted by molar-refractivity contribution is 0.311. The summed E-state index contributed by atoms with van der Waals surface area (Å²) in [6, 6.07) is 2.26. The van der Waals surface area contributed by atoms with Gasteiger partial charge < -0.3 is 4.90 Å². The molecule has 2 heterocycles. The average Bonchev–Trinajstić information content (AvgIpc) is 3.38. The maximum absolute atomic E-state index is 12.4. The molecule has 0 unspecified atom stereocenters. The first-order chi connectivity index (χ1) is 11.6. The standard InChI is InChI=1S/C17H26N4O2S/c1-20(24(22,23)15-5-6-15)14-7-9-21(10-8-14)17-11-16(18-12-19-17)13-3-2-4-13/h11-15H,2-10H2,1H3. The Morgan fingerprint density at radius 3 is 2.38 bits per heavy atom. The number of aromatic nitrogens is 2. The summed E-state index contributed by atoms with van der Waals surface area (Å²) in [6.07, 6.45) is 8.85. The largest absolute Gasteiger partial charge is 0.356 e. The van der Waals surface area contributed by atoms with Crippen molar-refractivity contribution in [3.05, 3.63) is 18.1 Å². The molecule has 0 aromatic carbocycles. The summed E-state index contributed by atoms with van der Waals surface area (Å²) >= 11 is 0. The molecule has 7 heteroatoms. The van der Waals surface area contributed by atoms with Crippen LogP contribution in [0.2, 0.25) is 0 Å². The fourth-order valence-electron chi connectivity index (χ4n) is 3.73. The van der Waals surface area contributed by atoms with Crippen LogP contribution in [0.3, 0.4) is 0 Å². The molecule has 2 saturated carbocycles. The molecule has 3 aliphatic rings. The van der Waals surface area contributed by atoms with Gasteiger partial charge in [0.1, 0.15) is 12.1 Å². The highest BCUT2D eigenvalue weighted by Crippen LogP contribution is 2.36. The van der Waals surface area contributed by atoms with Gasteiger partial charge in [0.05, 0.1) is 5.25 Å². The molecule has 1 aromatic rings. The lowest BCUT2D eigenvalue weighted by Crippen LogP contribution is -2.46. The fraction of sp³-hybridized carbons (Fsp3) is 0.765. The Morgan fingerprint density at radius 1 is 1.08 bits per heavy atom. The average molecular weight is 350 g/mol. The van der Waals surface area contributed by atoms with E-state index >= 15 is 0 Å². The van der Waals surface area contributed by atoms with E-state index < -0.39 is 10.0 Å². The van der Waals surface area contributed by atoms with Gasteiger partial charge in [-0.3, -0.25) is 0 Å². The first kappa shape index (κ1) is 16.3. The molecule has 0 spiro atoms. The van der Waals surface area contributed by atoms with Crippen LogP contribution in [0.5, 0.6) is 0 Å². The predicted molar refractivity (Wildman–Crippen MR) is 93.6 cm³/mol. The molecular formula is C17H26N4O2S. The van der Waals surface area contributed by atoms with Crippen LogP contribution in [0.25, 0.3) is 0 Å². The zero-order valence-corrected chi connectivity index (χ0v) is 15.1. The van der Waals surface area contributed by atoms with Crippen LogP contribution < -0.4 is 4.90 Å². The molecule has 132 valence electrons. The van der Waals surface area contributed by atoms with E-state index in [4.69, 9.17) is 0 Å². The van der Waals surface area contributed by atoms with Gasteiger partial charge in [-0.05, 0) is 38.5 Å². The highest BCUT2D eigenvalue weighted by atomic mass is 32.2. The van der Waals surface area contributed by atoms with Crippen molar-refractivity contribution in [1.29, 1.82) is 0 Å². The fourth-order valence-corrected chi connectivity index (χ4v) is 5.56. The van der Waals surface area contributed by atoms with E-state index in [9.17, 15) is 8.42 Å². The number of rotatable bonds is 5. The number of hydrogen-bond acceptors (Lipinski definition) is 5. The van der Waals surface area contributed by atoms with Crippen molar-refractivity contribution in [1.82, 2.24) is 14.3 Å². The molecule has 1 saturated heterocycles.